The molecule has 0 aliphatic heterocycles. The lowest BCUT2D eigenvalue weighted by Gasteiger charge is -2.22. The van der Waals surface area contributed by atoms with Crippen molar-refractivity contribution in [3.05, 3.63) is 0 Å². The van der Waals surface area contributed by atoms with Crippen molar-refractivity contribution in [2.45, 2.75) is 462 Å². The molecule has 4 unspecified atom stereocenters. The van der Waals surface area contributed by atoms with Crippen LogP contribution >= 0.6 is 58.6 Å². The van der Waals surface area contributed by atoms with Crippen LogP contribution in [0.25, 0.3) is 0 Å². The Hall–Kier alpha value is 0.0600. The van der Waals surface area contributed by atoms with Crippen LogP contribution in [0.3, 0.4) is 0 Å². The van der Waals surface area contributed by atoms with Gasteiger partial charge in [0.2, 0.25) is 0 Å². The van der Waals surface area contributed by atoms with Crippen molar-refractivity contribution in [3.63, 3.8) is 0 Å². The Bertz CT molecular complexity index is 1470. The predicted octanol–water partition coefficient (Wildman–Crippen LogP) is 29.6. The monoisotopic (exact) mass is 1500 g/mol. The van der Waals surface area contributed by atoms with Crippen LogP contribution in [0.1, 0.15) is 441 Å². The summed E-state index contributed by atoms with van der Waals surface area (Å²) in [5, 5.41) is -1.67. The van der Waals surface area contributed by atoms with Crippen molar-refractivity contribution in [3.8, 4) is 0 Å². The third-order valence-electron chi connectivity index (χ3n) is 18.7. The van der Waals surface area contributed by atoms with Gasteiger partial charge < -0.3 is 28.0 Å². The highest BCUT2D eigenvalue weighted by molar-refractivity contribution is 8.87. The lowest BCUT2D eigenvalue weighted by molar-refractivity contribution is -0.143. The van der Waals surface area contributed by atoms with Gasteiger partial charge in [-0.25, -0.2) is 0 Å². The molecule has 0 aliphatic rings. The lowest BCUT2D eigenvalue weighted by atomic mass is 10.0. The summed E-state index contributed by atoms with van der Waals surface area (Å²) in [6.07, 6.45) is 75.4. The fourth-order valence-electron chi connectivity index (χ4n) is 12.0. The van der Waals surface area contributed by atoms with Crippen LogP contribution in [-0.2, 0) is 47.2 Å². The Morgan fingerprint density at radius 2 is 0.327 bits per heavy atom. The first-order valence-corrected chi connectivity index (χ1v) is 50.7. The van der Waals surface area contributed by atoms with E-state index in [2.05, 4.69) is 27.7 Å². The third kappa shape index (κ3) is 70.4. The molecule has 0 radical (unpaired) electrons. The van der Waals surface area contributed by atoms with Gasteiger partial charge in [-0.15, -0.1) is 0 Å². The number of ether oxygens (including phenoxy) is 4. The summed E-state index contributed by atoms with van der Waals surface area (Å²) in [5.41, 5.74) is 0. The molecular weight excluding hydrogens is 1340 g/mol. The number of carbonyl (C=O) groups is 4. The van der Waals surface area contributed by atoms with Crippen molar-refractivity contribution in [1.29, 1.82) is 0 Å². The molecule has 0 rings (SSSR count). The predicted molar refractivity (Wildman–Crippen MR) is 438 cm³/mol. The van der Waals surface area contributed by atoms with Crippen LogP contribution in [-0.4, -0.2) is 84.5 Å². The van der Waals surface area contributed by atoms with Gasteiger partial charge in [-0.3, -0.25) is 19.2 Å². The SMILES string of the molecule is CCCCCCCCCCCCCCCCOC(=O)C(C)SP(OCCCCCCOP(SC(C)C(=O)OCCCCCCCCCCCCCCCC)SC(C)C(=O)OCCCCCCCCCCCCCCCC)SC(C)C(=O)OCCCCCCCCCCCCCCCC. The van der Waals surface area contributed by atoms with Crippen molar-refractivity contribution in [1.82, 2.24) is 0 Å². The molecule has 10 nitrogen and oxygen atoms in total. The van der Waals surface area contributed by atoms with Crippen LogP contribution < -0.4 is 0 Å². The first-order chi connectivity index (χ1) is 48.0. The Kier molecular flexibility index (Phi) is 79.7. The van der Waals surface area contributed by atoms with Gasteiger partial charge >= 0.3 is 23.9 Å². The number of hydrogen-bond acceptors (Lipinski definition) is 14. The smallest absolute Gasteiger partial charge is 0.319 e. The summed E-state index contributed by atoms with van der Waals surface area (Å²) in [4.78, 5) is 53.4. The number of unbranched alkanes of at least 4 members (excludes halogenated alkanes) is 55. The second-order valence-electron chi connectivity index (χ2n) is 28.6. The molecule has 0 aliphatic carbocycles. The highest BCUT2D eigenvalue weighted by atomic mass is 33.1. The second kappa shape index (κ2) is 79.6. The van der Waals surface area contributed by atoms with E-state index in [4.69, 9.17) is 28.0 Å². The quantitative estimate of drug-likeness (QED) is 0.0248. The maximum absolute atomic E-state index is 13.3. The molecule has 582 valence electrons. The molecule has 98 heavy (non-hydrogen) atoms. The summed E-state index contributed by atoms with van der Waals surface area (Å²) >= 11 is 5.94. The zero-order chi connectivity index (χ0) is 71.5. The summed E-state index contributed by atoms with van der Waals surface area (Å²) in [6, 6.07) is 0. The maximum atomic E-state index is 13.3. The maximum Gasteiger partial charge on any atom is 0.319 e. The van der Waals surface area contributed by atoms with Gasteiger partial charge in [0, 0.05) is 0 Å². The minimum atomic E-state index is -1.24. The fraction of sp³-hybridized carbons (Fsp3) is 0.951. The molecule has 0 fully saturated rings. The summed E-state index contributed by atoms with van der Waals surface area (Å²) in [5.74, 6) is -0.875. The number of carbonyl (C=O) groups excluding carboxylic acids is 4. The van der Waals surface area contributed by atoms with E-state index in [9.17, 15) is 19.2 Å². The van der Waals surface area contributed by atoms with E-state index in [-0.39, 0.29) is 23.9 Å². The molecule has 0 spiro atoms. The van der Waals surface area contributed by atoms with Gasteiger partial charge in [0.1, 0.15) is 21.0 Å². The topological polar surface area (TPSA) is 124 Å². The highest BCUT2D eigenvalue weighted by Gasteiger charge is 2.29. The minimum absolute atomic E-state index is 0.219. The van der Waals surface area contributed by atoms with Crippen LogP contribution in [0.2, 0.25) is 0 Å². The largest absolute Gasteiger partial charge is 0.465 e. The van der Waals surface area contributed by atoms with Crippen molar-refractivity contribution in [2.75, 3.05) is 39.6 Å². The fourth-order valence-corrected chi connectivity index (χ4v) is 26.2. The lowest BCUT2D eigenvalue weighted by Crippen LogP contribution is -2.19. The molecule has 16 heteroatoms. The first kappa shape index (κ1) is 98.1. The van der Waals surface area contributed by atoms with E-state index >= 15 is 0 Å². The Labute approximate surface area is 626 Å². The average Bonchev–Trinajstić information content (AvgIpc) is 1.20. The van der Waals surface area contributed by atoms with Crippen molar-refractivity contribution < 1.29 is 47.2 Å². The summed E-state index contributed by atoms with van der Waals surface area (Å²) in [6.45, 7) is 17.0. The molecule has 0 bridgehead atoms. The van der Waals surface area contributed by atoms with Crippen molar-refractivity contribution in [2.24, 2.45) is 0 Å². The molecule has 0 aromatic rings. The first-order valence-electron chi connectivity index (χ1n) is 42.2. The summed E-state index contributed by atoms with van der Waals surface area (Å²) < 4.78 is 36.3. The van der Waals surface area contributed by atoms with Gasteiger partial charge in [-0.2, -0.15) is 0 Å². The molecular formula is C82H160O10P2S4. The zero-order valence-corrected chi connectivity index (χ0v) is 70.6. The van der Waals surface area contributed by atoms with Crippen molar-refractivity contribution >= 4 is 82.5 Å². The van der Waals surface area contributed by atoms with Gasteiger partial charge in [-0.05, 0) is 66.2 Å². The van der Waals surface area contributed by atoms with E-state index in [1.165, 1.54) is 354 Å². The molecule has 0 aromatic heterocycles. The van der Waals surface area contributed by atoms with Crippen LogP contribution in [0.4, 0.5) is 0 Å². The third-order valence-corrected chi connectivity index (χ3v) is 32.4. The van der Waals surface area contributed by atoms with Gasteiger partial charge in [0.25, 0.3) is 0 Å². The number of esters is 4. The zero-order valence-electron chi connectivity index (χ0n) is 65.6. The Morgan fingerprint density at radius 1 is 0.204 bits per heavy atom. The molecule has 4 atom stereocenters. The minimum Gasteiger partial charge on any atom is -0.465 e. The van der Waals surface area contributed by atoms with E-state index < -0.39 is 34.1 Å². The molecule has 0 N–H and O–H groups in total. The highest BCUT2D eigenvalue weighted by Crippen LogP contribution is 2.66. The molecule has 0 saturated carbocycles. The second-order valence-corrected chi connectivity index (χ2v) is 41.6. The Morgan fingerprint density at radius 3 is 0.469 bits per heavy atom. The normalized spacial score (nSPS) is 13.5. The number of rotatable bonds is 81. The molecule has 0 saturated heterocycles. The van der Waals surface area contributed by atoms with Crippen LogP contribution in [0.5, 0.6) is 0 Å². The van der Waals surface area contributed by atoms with E-state index in [0.717, 1.165) is 77.0 Å². The molecule has 0 aromatic carbocycles. The van der Waals surface area contributed by atoms with Crippen LogP contribution in [0, 0.1) is 0 Å². The van der Waals surface area contributed by atoms with E-state index in [1.54, 1.807) is 0 Å². The average molecular weight is 1500 g/mol. The van der Waals surface area contributed by atoms with E-state index in [0.29, 0.717) is 39.6 Å². The van der Waals surface area contributed by atoms with Gasteiger partial charge in [0.05, 0.1) is 39.6 Å². The molecule has 0 heterocycles. The number of hydrogen-bond donors (Lipinski definition) is 0. The summed E-state index contributed by atoms with van der Waals surface area (Å²) in [7, 11) is 0. The molecule has 0 amide bonds. The van der Waals surface area contributed by atoms with E-state index in [1.807, 2.05) is 27.7 Å². The van der Waals surface area contributed by atoms with Crippen LogP contribution in [0.15, 0.2) is 0 Å². The Balaban J connectivity index is 5.28. The van der Waals surface area contributed by atoms with Gasteiger partial charge in [-0.1, -0.05) is 420 Å². The standard InChI is InChI=1S/C82H160O10P2S4/c1-9-13-17-21-25-29-33-37-41-45-49-53-57-63-69-87-79(83)75(5)95-93(96-76(6)80(84)88-70-64-58-54-50-46-42-38-34-30-26-22-18-14-10-2)91-73-67-61-62-68-74-92-94(97-77(7)81(85)89-71-65-59-55-51-47-43-39-35-31-27-23-19-15-11-3)98-78(8)82(86)90-72-66-60-56-52-48-44-40-36-32-28-24-20-16-12-4/h75-78H,9-74H2,1-8H3. The van der Waals surface area contributed by atoms with Gasteiger partial charge in [0.15, 0.2) is 13.1 Å².